The Morgan fingerprint density at radius 2 is 2.25 bits per heavy atom. The molecule has 0 bridgehead atoms. The third-order valence-electron chi connectivity index (χ3n) is 2.07. The molecule has 0 aliphatic rings. The quantitative estimate of drug-likeness (QED) is 0.746. The van der Waals surface area contributed by atoms with Crippen LogP contribution in [0.2, 0.25) is 0 Å². The van der Waals surface area contributed by atoms with Crippen LogP contribution in [0, 0.1) is 0 Å². The highest BCUT2D eigenvalue weighted by Gasteiger charge is 2.06. The second-order valence-electron chi connectivity index (χ2n) is 3.35. The molecule has 12 heavy (non-hydrogen) atoms. The van der Waals surface area contributed by atoms with E-state index < -0.39 is 0 Å². The highest BCUT2D eigenvalue weighted by Crippen LogP contribution is 2.16. The second kappa shape index (κ2) is 3.61. The summed E-state index contributed by atoms with van der Waals surface area (Å²) in [6, 6.07) is 2.11. The summed E-state index contributed by atoms with van der Waals surface area (Å²) < 4.78 is 0. The first kappa shape index (κ1) is 9.10. The predicted molar refractivity (Wildman–Crippen MR) is 51.6 cm³/mol. The van der Waals surface area contributed by atoms with Crippen molar-refractivity contribution in [2.45, 2.75) is 26.7 Å². The predicted octanol–water partition coefficient (Wildman–Crippen LogP) is 1.99. The van der Waals surface area contributed by atoms with Crippen LogP contribution in [0.15, 0.2) is 6.07 Å². The van der Waals surface area contributed by atoms with Crippen molar-refractivity contribution >= 4 is 5.82 Å². The van der Waals surface area contributed by atoms with E-state index >= 15 is 0 Å². The molecule has 0 aliphatic carbocycles. The van der Waals surface area contributed by atoms with Gasteiger partial charge < -0.3 is 4.90 Å². The minimum atomic E-state index is 0.525. The number of hydrogen-bond donors (Lipinski definition) is 1. The number of H-pyrrole nitrogens is 1. The van der Waals surface area contributed by atoms with Crippen LogP contribution in [0.1, 0.15) is 32.4 Å². The molecule has 68 valence electrons. The topological polar surface area (TPSA) is 31.9 Å². The van der Waals surface area contributed by atoms with Crippen molar-refractivity contribution in [3.8, 4) is 0 Å². The van der Waals surface area contributed by atoms with Crippen molar-refractivity contribution in [2.75, 3.05) is 18.5 Å². The number of aromatic nitrogens is 2. The van der Waals surface area contributed by atoms with Crippen LogP contribution in [0.5, 0.6) is 0 Å². The molecule has 0 amide bonds. The van der Waals surface area contributed by atoms with E-state index in [1.165, 1.54) is 5.69 Å². The van der Waals surface area contributed by atoms with E-state index in [1.54, 1.807) is 0 Å². The van der Waals surface area contributed by atoms with Crippen molar-refractivity contribution in [3.05, 3.63) is 11.8 Å². The van der Waals surface area contributed by atoms with Gasteiger partial charge in [-0.05, 0) is 12.8 Å². The van der Waals surface area contributed by atoms with Crippen LogP contribution < -0.4 is 4.90 Å². The third-order valence-corrected chi connectivity index (χ3v) is 2.07. The first-order valence-corrected chi connectivity index (χ1v) is 4.41. The van der Waals surface area contributed by atoms with Gasteiger partial charge in [0.15, 0.2) is 0 Å². The summed E-state index contributed by atoms with van der Waals surface area (Å²) in [5.74, 6) is 1.55. The average Bonchev–Trinajstić information content (AvgIpc) is 2.51. The highest BCUT2D eigenvalue weighted by molar-refractivity contribution is 5.38. The molecule has 3 nitrogen and oxygen atoms in total. The molecule has 1 aromatic heterocycles. The molecule has 0 aromatic carbocycles. The average molecular weight is 167 g/mol. The zero-order valence-electron chi connectivity index (χ0n) is 8.26. The summed E-state index contributed by atoms with van der Waals surface area (Å²) in [7, 11) is 2.04. The lowest BCUT2D eigenvalue weighted by Crippen LogP contribution is -2.15. The van der Waals surface area contributed by atoms with Crippen LogP contribution in [0.25, 0.3) is 0 Å². The van der Waals surface area contributed by atoms with Crippen LogP contribution in [0.3, 0.4) is 0 Å². The van der Waals surface area contributed by atoms with E-state index in [4.69, 9.17) is 0 Å². The number of rotatable bonds is 3. The van der Waals surface area contributed by atoms with Crippen molar-refractivity contribution in [1.29, 1.82) is 0 Å². The zero-order chi connectivity index (χ0) is 9.14. The summed E-state index contributed by atoms with van der Waals surface area (Å²) in [4.78, 5) is 2.11. The zero-order valence-corrected chi connectivity index (χ0v) is 8.26. The van der Waals surface area contributed by atoms with Crippen LogP contribution in [-0.2, 0) is 0 Å². The maximum atomic E-state index is 4.21. The molecule has 1 heterocycles. The van der Waals surface area contributed by atoms with E-state index in [9.17, 15) is 0 Å². The molecular weight excluding hydrogens is 150 g/mol. The van der Waals surface area contributed by atoms with Gasteiger partial charge in [0, 0.05) is 25.4 Å². The number of hydrogen-bond acceptors (Lipinski definition) is 2. The Kier molecular flexibility index (Phi) is 2.74. The van der Waals surface area contributed by atoms with E-state index in [0.717, 1.165) is 12.4 Å². The Hall–Kier alpha value is -0.990. The maximum Gasteiger partial charge on any atom is 0.150 e. The fourth-order valence-electron chi connectivity index (χ4n) is 0.979. The monoisotopic (exact) mass is 167 g/mol. The lowest BCUT2D eigenvalue weighted by molar-refractivity contribution is 0.809. The van der Waals surface area contributed by atoms with Crippen molar-refractivity contribution in [3.63, 3.8) is 0 Å². The minimum absolute atomic E-state index is 0.525. The number of nitrogens with one attached hydrogen (secondary N) is 1. The van der Waals surface area contributed by atoms with Crippen molar-refractivity contribution in [2.24, 2.45) is 0 Å². The normalized spacial score (nSPS) is 10.8. The Morgan fingerprint density at radius 3 is 2.67 bits per heavy atom. The van der Waals surface area contributed by atoms with Crippen LogP contribution in [-0.4, -0.2) is 23.8 Å². The van der Waals surface area contributed by atoms with E-state index in [2.05, 4.69) is 41.9 Å². The van der Waals surface area contributed by atoms with E-state index in [1.807, 2.05) is 7.05 Å². The molecule has 0 spiro atoms. The first-order valence-electron chi connectivity index (χ1n) is 4.41. The number of nitrogens with zero attached hydrogens (tertiary/aromatic N) is 2. The Labute approximate surface area is 73.8 Å². The highest BCUT2D eigenvalue weighted by atomic mass is 15.3. The summed E-state index contributed by atoms with van der Waals surface area (Å²) in [6.45, 7) is 7.42. The third kappa shape index (κ3) is 1.78. The van der Waals surface area contributed by atoms with Gasteiger partial charge in [0.1, 0.15) is 5.82 Å². The first-order chi connectivity index (χ1) is 5.65. The van der Waals surface area contributed by atoms with Gasteiger partial charge in [-0.3, -0.25) is 5.10 Å². The summed E-state index contributed by atoms with van der Waals surface area (Å²) >= 11 is 0. The van der Waals surface area contributed by atoms with Gasteiger partial charge in [-0.1, -0.05) is 13.8 Å². The second-order valence-corrected chi connectivity index (χ2v) is 3.35. The lowest BCUT2D eigenvalue weighted by Gasteiger charge is -2.11. The SMILES string of the molecule is CCN(C)c1cc(C(C)C)[nH]n1. The standard InChI is InChI=1S/C9H17N3/c1-5-12(4)9-6-8(7(2)3)10-11-9/h6-7H,5H2,1-4H3,(H,10,11). The van der Waals surface area contributed by atoms with Gasteiger partial charge in [0.25, 0.3) is 0 Å². The molecule has 1 N–H and O–H groups in total. The molecule has 0 atom stereocenters. The van der Waals surface area contributed by atoms with Crippen LogP contribution in [0.4, 0.5) is 5.82 Å². The van der Waals surface area contributed by atoms with Gasteiger partial charge in [-0.25, -0.2) is 0 Å². The molecule has 0 fully saturated rings. The van der Waals surface area contributed by atoms with Crippen LogP contribution >= 0.6 is 0 Å². The lowest BCUT2D eigenvalue weighted by atomic mass is 10.1. The summed E-state index contributed by atoms with van der Waals surface area (Å²) in [5.41, 5.74) is 1.20. The van der Waals surface area contributed by atoms with Crippen molar-refractivity contribution < 1.29 is 0 Å². The summed E-state index contributed by atoms with van der Waals surface area (Å²) in [5, 5.41) is 7.24. The van der Waals surface area contributed by atoms with E-state index in [-0.39, 0.29) is 0 Å². The van der Waals surface area contributed by atoms with Gasteiger partial charge in [-0.15, -0.1) is 0 Å². The Balaban J connectivity index is 2.77. The van der Waals surface area contributed by atoms with Crippen molar-refractivity contribution in [1.82, 2.24) is 10.2 Å². The molecule has 1 aromatic rings. The smallest absolute Gasteiger partial charge is 0.150 e. The van der Waals surface area contributed by atoms with Gasteiger partial charge in [0.2, 0.25) is 0 Å². The molecule has 0 aliphatic heterocycles. The summed E-state index contributed by atoms with van der Waals surface area (Å²) in [6.07, 6.45) is 0. The maximum absolute atomic E-state index is 4.21. The molecule has 0 radical (unpaired) electrons. The Morgan fingerprint density at radius 1 is 1.58 bits per heavy atom. The van der Waals surface area contributed by atoms with Gasteiger partial charge >= 0.3 is 0 Å². The molecule has 3 heteroatoms. The number of aromatic amines is 1. The Bertz CT molecular complexity index is 240. The molecular formula is C9H17N3. The fourth-order valence-corrected chi connectivity index (χ4v) is 0.979. The van der Waals surface area contributed by atoms with Gasteiger partial charge in [-0.2, -0.15) is 5.10 Å². The molecule has 0 saturated heterocycles. The largest absolute Gasteiger partial charge is 0.358 e. The minimum Gasteiger partial charge on any atom is -0.358 e. The fraction of sp³-hybridized carbons (Fsp3) is 0.667. The molecule has 0 unspecified atom stereocenters. The number of anilines is 1. The van der Waals surface area contributed by atoms with Gasteiger partial charge in [0.05, 0.1) is 0 Å². The van der Waals surface area contributed by atoms with E-state index in [0.29, 0.717) is 5.92 Å². The molecule has 0 saturated carbocycles. The molecule has 1 rings (SSSR count).